The first kappa shape index (κ1) is 9.12. The maximum Gasteiger partial charge on any atom is 0.191 e. The summed E-state index contributed by atoms with van der Waals surface area (Å²) in [6.07, 6.45) is 0. The van der Waals surface area contributed by atoms with Crippen molar-refractivity contribution in [2.45, 2.75) is 26.8 Å². The number of aromatic amines is 1. The van der Waals surface area contributed by atoms with Gasteiger partial charge in [0.15, 0.2) is 5.82 Å². The van der Waals surface area contributed by atoms with E-state index in [1.807, 2.05) is 6.92 Å². The molecule has 0 saturated carbocycles. The largest absolute Gasteiger partial charge is 0.307 e. The van der Waals surface area contributed by atoms with Gasteiger partial charge in [0, 0.05) is 0 Å². The Hall–Kier alpha value is -0.970. The van der Waals surface area contributed by atoms with E-state index in [1.54, 1.807) is 0 Å². The van der Waals surface area contributed by atoms with Gasteiger partial charge < -0.3 is 5.32 Å². The summed E-state index contributed by atoms with van der Waals surface area (Å²) in [6.45, 7) is 7.31. The summed E-state index contributed by atoms with van der Waals surface area (Å²) in [5.41, 5.74) is 0. The molecule has 0 radical (unpaired) electrons. The van der Waals surface area contributed by atoms with Crippen LogP contribution in [0.25, 0.3) is 0 Å². The van der Waals surface area contributed by atoms with E-state index in [0.29, 0.717) is 5.92 Å². The minimum absolute atomic E-state index is 0.172. The first-order valence-electron chi connectivity index (χ1n) is 4.17. The van der Waals surface area contributed by atoms with Crippen LogP contribution >= 0.6 is 0 Å². The zero-order chi connectivity index (χ0) is 8.97. The number of nitrogens with zero attached hydrogens (tertiary/aromatic N) is 3. The first-order chi connectivity index (χ1) is 5.70. The van der Waals surface area contributed by atoms with Crippen LogP contribution in [0.5, 0.6) is 0 Å². The molecule has 12 heavy (non-hydrogen) atoms. The van der Waals surface area contributed by atoms with Crippen LogP contribution in [0, 0.1) is 5.92 Å². The SMILES string of the molecule is CC(C)CNC(C)c1nn[nH]n1. The fourth-order valence-electron chi connectivity index (χ4n) is 0.857. The molecule has 1 aromatic heterocycles. The first-order valence-corrected chi connectivity index (χ1v) is 4.17. The van der Waals surface area contributed by atoms with Crippen LogP contribution in [0.1, 0.15) is 32.6 Å². The van der Waals surface area contributed by atoms with Gasteiger partial charge in [-0.1, -0.05) is 19.1 Å². The van der Waals surface area contributed by atoms with Crippen molar-refractivity contribution in [1.82, 2.24) is 25.9 Å². The van der Waals surface area contributed by atoms with Crippen molar-refractivity contribution < 1.29 is 0 Å². The summed E-state index contributed by atoms with van der Waals surface area (Å²) >= 11 is 0. The number of H-pyrrole nitrogens is 1. The topological polar surface area (TPSA) is 66.5 Å². The van der Waals surface area contributed by atoms with Crippen molar-refractivity contribution >= 4 is 0 Å². The van der Waals surface area contributed by atoms with Crippen molar-refractivity contribution in [3.05, 3.63) is 5.82 Å². The molecule has 0 aromatic carbocycles. The predicted octanol–water partition coefficient (Wildman–Crippen LogP) is 0.506. The van der Waals surface area contributed by atoms with Crippen molar-refractivity contribution in [1.29, 1.82) is 0 Å². The van der Waals surface area contributed by atoms with E-state index >= 15 is 0 Å². The van der Waals surface area contributed by atoms with Crippen LogP contribution in [0.2, 0.25) is 0 Å². The molecular weight excluding hydrogens is 154 g/mol. The van der Waals surface area contributed by atoms with Crippen molar-refractivity contribution in [3.8, 4) is 0 Å². The summed E-state index contributed by atoms with van der Waals surface area (Å²) in [6, 6.07) is 0.172. The molecule has 0 aliphatic carbocycles. The third kappa shape index (κ3) is 2.58. The van der Waals surface area contributed by atoms with E-state index in [9.17, 15) is 0 Å². The zero-order valence-electron chi connectivity index (χ0n) is 7.70. The van der Waals surface area contributed by atoms with Gasteiger partial charge in [0.1, 0.15) is 0 Å². The summed E-state index contributed by atoms with van der Waals surface area (Å²) in [4.78, 5) is 0. The molecule has 1 rings (SSSR count). The average molecular weight is 169 g/mol. The number of hydrogen-bond donors (Lipinski definition) is 2. The Morgan fingerprint density at radius 2 is 2.17 bits per heavy atom. The third-order valence-corrected chi connectivity index (χ3v) is 1.58. The van der Waals surface area contributed by atoms with Gasteiger partial charge in [-0.05, 0) is 19.4 Å². The van der Waals surface area contributed by atoms with E-state index in [4.69, 9.17) is 0 Å². The average Bonchev–Trinajstić information content (AvgIpc) is 2.51. The highest BCUT2D eigenvalue weighted by molar-refractivity contribution is 4.85. The molecule has 0 aliphatic rings. The Morgan fingerprint density at radius 1 is 1.42 bits per heavy atom. The van der Waals surface area contributed by atoms with Crippen LogP contribution in [0.4, 0.5) is 0 Å². The molecule has 1 aromatic rings. The molecule has 0 saturated heterocycles. The lowest BCUT2D eigenvalue weighted by Crippen LogP contribution is -2.24. The van der Waals surface area contributed by atoms with Gasteiger partial charge in [-0.15, -0.1) is 10.2 Å². The molecule has 1 heterocycles. The summed E-state index contributed by atoms with van der Waals surface area (Å²) in [7, 11) is 0. The van der Waals surface area contributed by atoms with Crippen molar-refractivity contribution in [3.63, 3.8) is 0 Å². The Kier molecular flexibility index (Phi) is 3.16. The number of tetrazole rings is 1. The normalized spacial score (nSPS) is 13.7. The second kappa shape index (κ2) is 4.15. The molecule has 0 aliphatic heterocycles. The molecule has 1 atom stereocenters. The lowest BCUT2D eigenvalue weighted by Gasteiger charge is -2.11. The molecule has 0 amide bonds. The van der Waals surface area contributed by atoms with Crippen LogP contribution in [-0.2, 0) is 0 Å². The molecule has 5 heteroatoms. The second-order valence-corrected chi connectivity index (χ2v) is 3.29. The van der Waals surface area contributed by atoms with Gasteiger partial charge in [0.05, 0.1) is 6.04 Å². The van der Waals surface area contributed by atoms with Crippen LogP contribution in [0.3, 0.4) is 0 Å². The molecule has 1 unspecified atom stereocenters. The summed E-state index contributed by atoms with van der Waals surface area (Å²) in [5.74, 6) is 1.36. The lowest BCUT2D eigenvalue weighted by atomic mass is 10.2. The van der Waals surface area contributed by atoms with Gasteiger partial charge in [-0.25, -0.2) is 0 Å². The molecule has 0 spiro atoms. The molecular formula is C7H15N5. The fraction of sp³-hybridized carbons (Fsp3) is 0.857. The maximum atomic E-state index is 3.88. The van der Waals surface area contributed by atoms with Crippen molar-refractivity contribution in [2.75, 3.05) is 6.54 Å². The van der Waals surface area contributed by atoms with E-state index in [1.165, 1.54) is 0 Å². The highest BCUT2D eigenvalue weighted by Gasteiger charge is 2.08. The Balaban J connectivity index is 2.34. The molecule has 0 fully saturated rings. The Morgan fingerprint density at radius 3 is 2.67 bits per heavy atom. The highest BCUT2D eigenvalue weighted by Crippen LogP contribution is 2.03. The summed E-state index contributed by atoms with van der Waals surface area (Å²) in [5, 5.41) is 17.0. The van der Waals surface area contributed by atoms with E-state index in [0.717, 1.165) is 12.4 Å². The molecule has 0 bridgehead atoms. The van der Waals surface area contributed by atoms with Crippen LogP contribution < -0.4 is 5.32 Å². The van der Waals surface area contributed by atoms with Crippen LogP contribution in [-0.4, -0.2) is 27.2 Å². The highest BCUT2D eigenvalue weighted by atomic mass is 15.5. The quantitative estimate of drug-likeness (QED) is 0.689. The second-order valence-electron chi connectivity index (χ2n) is 3.29. The Bertz CT molecular complexity index is 206. The van der Waals surface area contributed by atoms with Crippen LogP contribution in [0.15, 0.2) is 0 Å². The van der Waals surface area contributed by atoms with Gasteiger partial charge in [-0.2, -0.15) is 5.21 Å². The maximum absolute atomic E-state index is 3.88. The standard InChI is InChI=1S/C7H15N5/c1-5(2)4-8-6(3)7-9-11-12-10-7/h5-6,8H,4H2,1-3H3,(H,9,10,11,12). The van der Waals surface area contributed by atoms with E-state index in [2.05, 4.69) is 39.8 Å². The molecule has 5 nitrogen and oxygen atoms in total. The number of aromatic nitrogens is 4. The molecule has 68 valence electrons. The fourth-order valence-corrected chi connectivity index (χ4v) is 0.857. The van der Waals surface area contributed by atoms with E-state index in [-0.39, 0.29) is 6.04 Å². The minimum atomic E-state index is 0.172. The minimum Gasteiger partial charge on any atom is -0.307 e. The lowest BCUT2D eigenvalue weighted by molar-refractivity contribution is 0.482. The molecule has 2 N–H and O–H groups in total. The predicted molar refractivity (Wildman–Crippen MR) is 45.4 cm³/mol. The van der Waals surface area contributed by atoms with Gasteiger partial charge >= 0.3 is 0 Å². The van der Waals surface area contributed by atoms with Gasteiger partial charge in [0.25, 0.3) is 0 Å². The van der Waals surface area contributed by atoms with Crippen molar-refractivity contribution in [2.24, 2.45) is 5.92 Å². The number of rotatable bonds is 4. The summed E-state index contributed by atoms with van der Waals surface area (Å²) < 4.78 is 0. The van der Waals surface area contributed by atoms with E-state index < -0.39 is 0 Å². The monoisotopic (exact) mass is 169 g/mol. The van der Waals surface area contributed by atoms with Gasteiger partial charge in [-0.3, -0.25) is 0 Å². The van der Waals surface area contributed by atoms with Gasteiger partial charge in [0.2, 0.25) is 0 Å². The number of hydrogen-bond acceptors (Lipinski definition) is 4. The zero-order valence-corrected chi connectivity index (χ0v) is 7.70. The Labute approximate surface area is 71.9 Å². The smallest absolute Gasteiger partial charge is 0.191 e. The number of nitrogens with one attached hydrogen (secondary N) is 2. The third-order valence-electron chi connectivity index (χ3n) is 1.58.